The Morgan fingerprint density at radius 2 is 1.54 bits per heavy atom. The quantitative estimate of drug-likeness (QED) is 0.336. The van der Waals surface area contributed by atoms with Crippen LogP contribution < -0.4 is 23.7 Å². The molecule has 0 aromatic heterocycles. The molecule has 5 rings (SSSR count). The van der Waals surface area contributed by atoms with Crippen LogP contribution >= 0.6 is 0 Å². The fourth-order valence-electron chi connectivity index (χ4n) is 5.07. The van der Waals surface area contributed by atoms with Gasteiger partial charge >= 0.3 is 0 Å². The van der Waals surface area contributed by atoms with E-state index in [9.17, 15) is 8.42 Å². The number of ether oxygens (including phenoxy) is 5. The van der Waals surface area contributed by atoms with Crippen LogP contribution in [0.4, 0.5) is 0 Å². The molecule has 2 aliphatic heterocycles. The summed E-state index contributed by atoms with van der Waals surface area (Å²) in [5, 5.41) is 4.76. The van der Waals surface area contributed by atoms with Crippen molar-refractivity contribution in [3.8, 4) is 28.7 Å². The minimum atomic E-state index is -4.05. The number of benzene rings is 3. The monoisotopic (exact) mass is 578 g/mol. The molecule has 41 heavy (non-hydrogen) atoms. The summed E-state index contributed by atoms with van der Waals surface area (Å²) >= 11 is 0. The number of hydrogen-bond donors (Lipinski definition) is 0. The van der Waals surface area contributed by atoms with E-state index in [0.717, 1.165) is 11.1 Å². The number of hydrogen-bond acceptors (Lipinski definition) is 8. The minimum absolute atomic E-state index is 0.141. The molecule has 0 saturated carbocycles. The van der Waals surface area contributed by atoms with E-state index in [-0.39, 0.29) is 11.3 Å². The Hall–Kier alpha value is -4.18. The van der Waals surface area contributed by atoms with Crippen molar-refractivity contribution < 1.29 is 32.1 Å². The molecule has 216 valence electrons. The van der Waals surface area contributed by atoms with Crippen molar-refractivity contribution in [2.75, 3.05) is 28.4 Å². The molecule has 0 spiro atoms. The Balaban J connectivity index is 1.69. The van der Waals surface area contributed by atoms with E-state index < -0.39 is 21.7 Å². The van der Waals surface area contributed by atoms with Crippen molar-refractivity contribution in [3.63, 3.8) is 0 Å². The number of nitrogens with zero attached hydrogens (tertiary/aromatic N) is 2. The van der Waals surface area contributed by atoms with Gasteiger partial charge in [0.2, 0.25) is 5.75 Å². The average Bonchev–Trinajstić information content (AvgIpc) is 3.41. The zero-order valence-electron chi connectivity index (χ0n) is 24.2. The van der Waals surface area contributed by atoms with Crippen LogP contribution in [0, 0.1) is 6.92 Å². The van der Waals surface area contributed by atoms with Gasteiger partial charge in [0.1, 0.15) is 17.1 Å². The topological polar surface area (TPSA) is 95.9 Å². The van der Waals surface area contributed by atoms with Crippen LogP contribution in [0.1, 0.15) is 48.6 Å². The molecular weight excluding hydrogens is 544 g/mol. The lowest BCUT2D eigenvalue weighted by Crippen LogP contribution is -2.28. The van der Waals surface area contributed by atoms with Gasteiger partial charge in [-0.25, -0.2) is 0 Å². The molecule has 3 aromatic rings. The molecule has 0 fully saturated rings. The first kappa shape index (κ1) is 28.4. The molecule has 10 heteroatoms. The van der Waals surface area contributed by atoms with Crippen LogP contribution in [0.3, 0.4) is 0 Å². The van der Waals surface area contributed by atoms with Crippen molar-refractivity contribution in [1.82, 2.24) is 4.41 Å². The van der Waals surface area contributed by atoms with E-state index in [0.29, 0.717) is 45.6 Å². The van der Waals surface area contributed by atoms with Gasteiger partial charge in [0.15, 0.2) is 11.5 Å². The molecule has 9 nitrogen and oxygen atoms in total. The highest BCUT2D eigenvalue weighted by Crippen LogP contribution is 2.47. The predicted molar refractivity (Wildman–Crippen MR) is 157 cm³/mol. The maximum Gasteiger partial charge on any atom is 0.279 e. The van der Waals surface area contributed by atoms with Gasteiger partial charge in [-0.05, 0) is 74.9 Å². The number of aryl methyl sites for hydroxylation is 1. The molecule has 2 aliphatic rings. The SMILES string of the molecule is COc1ccc(C2=NN(S(=O)(=O)c3ccc(C)cc3)C(c3cc(OC)c(OC)c(OC)c3)C2)c2c1C=CC(C)(C)O2. The molecule has 0 aliphatic carbocycles. The van der Waals surface area contributed by atoms with Gasteiger partial charge in [-0.3, -0.25) is 0 Å². The van der Waals surface area contributed by atoms with Gasteiger partial charge in [0.25, 0.3) is 10.0 Å². The summed E-state index contributed by atoms with van der Waals surface area (Å²) in [5.41, 5.74) is 3.04. The van der Waals surface area contributed by atoms with Crippen molar-refractivity contribution in [2.45, 2.75) is 43.7 Å². The molecule has 3 aromatic carbocycles. The molecule has 0 bridgehead atoms. The Morgan fingerprint density at radius 3 is 2.12 bits per heavy atom. The highest BCUT2D eigenvalue weighted by atomic mass is 32.2. The van der Waals surface area contributed by atoms with Gasteiger partial charge < -0.3 is 23.7 Å². The second kappa shape index (κ2) is 10.7. The third-order valence-corrected chi connectivity index (χ3v) is 8.91. The van der Waals surface area contributed by atoms with E-state index in [1.165, 1.54) is 25.7 Å². The molecule has 0 amide bonds. The van der Waals surface area contributed by atoms with Crippen molar-refractivity contribution >= 4 is 21.8 Å². The first-order valence-corrected chi connectivity index (χ1v) is 14.5. The Kier molecular flexibility index (Phi) is 7.37. The fourth-order valence-corrected chi connectivity index (χ4v) is 6.50. The molecule has 0 saturated heterocycles. The van der Waals surface area contributed by atoms with E-state index in [2.05, 4.69) is 0 Å². The van der Waals surface area contributed by atoms with Gasteiger partial charge in [0.05, 0.1) is 50.7 Å². The largest absolute Gasteiger partial charge is 0.496 e. The maximum absolute atomic E-state index is 14.1. The van der Waals surface area contributed by atoms with Crippen LogP contribution in [-0.4, -0.2) is 52.6 Å². The number of rotatable bonds is 8. The van der Waals surface area contributed by atoms with Crippen LogP contribution in [0.25, 0.3) is 6.08 Å². The van der Waals surface area contributed by atoms with E-state index in [1.54, 1.807) is 43.5 Å². The lowest BCUT2D eigenvalue weighted by molar-refractivity contribution is 0.158. The summed E-state index contributed by atoms with van der Waals surface area (Å²) in [4.78, 5) is 0.141. The second-order valence-electron chi connectivity index (χ2n) is 10.4. The highest BCUT2D eigenvalue weighted by Gasteiger charge is 2.40. The molecule has 0 radical (unpaired) electrons. The molecule has 0 N–H and O–H groups in total. The molecular formula is C31H34N2O7S. The third kappa shape index (κ3) is 5.08. The first-order valence-electron chi connectivity index (χ1n) is 13.1. The van der Waals surface area contributed by atoms with Gasteiger partial charge in [-0.1, -0.05) is 17.7 Å². The van der Waals surface area contributed by atoms with Crippen LogP contribution in [-0.2, 0) is 10.0 Å². The van der Waals surface area contributed by atoms with Crippen LogP contribution in [0.5, 0.6) is 28.7 Å². The third-order valence-electron chi connectivity index (χ3n) is 7.21. The van der Waals surface area contributed by atoms with Gasteiger partial charge in [0, 0.05) is 12.0 Å². The van der Waals surface area contributed by atoms with Crippen molar-refractivity contribution in [1.29, 1.82) is 0 Å². The summed E-state index contributed by atoms with van der Waals surface area (Å²) in [6, 6.07) is 13.2. The molecule has 1 unspecified atom stereocenters. The zero-order chi connectivity index (χ0) is 29.5. The smallest absolute Gasteiger partial charge is 0.279 e. The Labute approximate surface area is 241 Å². The van der Waals surface area contributed by atoms with Crippen molar-refractivity contribution in [3.05, 3.63) is 76.9 Å². The number of hydrazone groups is 1. The number of sulfonamides is 1. The predicted octanol–water partition coefficient (Wildman–Crippen LogP) is 5.75. The lowest BCUT2D eigenvalue weighted by Gasteiger charge is -2.30. The second-order valence-corrected chi connectivity index (χ2v) is 12.2. The Morgan fingerprint density at radius 1 is 0.902 bits per heavy atom. The zero-order valence-corrected chi connectivity index (χ0v) is 25.0. The number of methoxy groups -OCH3 is 4. The molecule has 1 atom stereocenters. The molecule has 2 heterocycles. The summed E-state index contributed by atoms with van der Waals surface area (Å²) in [6.45, 7) is 5.82. The van der Waals surface area contributed by atoms with E-state index >= 15 is 0 Å². The first-order chi connectivity index (χ1) is 19.5. The normalized spacial score (nSPS) is 17.4. The minimum Gasteiger partial charge on any atom is -0.496 e. The Bertz CT molecular complexity index is 1620. The van der Waals surface area contributed by atoms with Gasteiger partial charge in [-0.15, -0.1) is 0 Å². The van der Waals surface area contributed by atoms with E-state index in [1.807, 2.05) is 45.1 Å². The average molecular weight is 579 g/mol. The fraction of sp³-hybridized carbons (Fsp3) is 0.323. The summed E-state index contributed by atoms with van der Waals surface area (Å²) in [7, 11) is 2.12. The van der Waals surface area contributed by atoms with Gasteiger partial charge in [-0.2, -0.15) is 17.9 Å². The number of fused-ring (bicyclic) bond motifs is 1. The highest BCUT2D eigenvalue weighted by molar-refractivity contribution is 7.89. The maximum atomic E-state index is 14.1. The van der Waals surface area contributed by atoms with Crippen molar-refractivity contribution in [2.24, 2.45) is 5.10 Å². The van der Waals surface area contributed by atoms with E-state index in [4.69, 9.17) is 28.8 Å². The lowest BCUT2D eigenvalue weighted by atomic mass is 9.94. The summed E-state index contributed by atoms with van der Waals surface area (Å²) < 4.78 is 58.0. The summed E-state index contributed by atoms with van der Waals surface area (Å²) in [6.07, 6.45) is 4.20. The summed E-state index contributed by atoms with van der Waals surface area (Å²) in [5.74, 6) is 2.49. The standard InChI is InChI=1S/C31H34N2O7S/c1-19-8-10-21(11-9-19)41(34,35)33-25(20-16-27(37-5)30(39-7)28(17-20)38-6)18-24(32-33)22-12-13-26(36-4)23-14-15-31(2,3)40-29(22)23/h8-17,25H,18H2,1-7H3. The van der Waals surface area contributed by atoms with Crippen LogP contribution in [0.2, 0.25) is 0 Å². The van der Waals surface area contributed by atoms with Crippen LogP contribution in [0.15, 0.2) is 64.6 Å².